The summed E-state index contributed by atoms with van der Waals surface area (Å²) in [5, 5.41) is 17.0. The van der Waals surface area contributed by atoms with Gasteiger partial charge in [0.1, 0.15) is 0 Å². The molecule has 2 heteroatoms. The largest absolute Gasteiger partial charge is 0.516 e. The number of aliphatic hydroxyl groups excluding tert-OH is 2. The lowest BCUT2D eigenvalue weighted by molar-refractivity contribution is 0.282. The second kappa shape index (κ2) is 12.5. The molecule has 2 nitrogen and oxygen atoms in total. The smallest absolute Gasteiger partial charge is 0.0751 e. The number of unbranched alkanes of at least 4 members (excludes halogenated alkanes) is 8. The number of aliphatic hydroxyl groups is 2. The van der Waals surface area contributed by atoms with Crippen LogP contribution in [0.4, 0.5) is 0 Å². The molecule has 0 spiro atoms. The Morgan fingerprint density at radius 2 is 1.21 bits per heavy atom. The summed E-state index contributed by atoms with van der Waals surface area (Å²) in [5.74, 6) is 0. The van der Waals surface area contributed by atoms with Crippen molar-refractivity contribution < 1.29 is 10.2 Å². The molecule has 0 aliphatic rings. The summed E-state index contributed by atoms with van der Waals surface area (Å²) in [7, 11) is 0. The minimum absolute atomic E-state index is 0.341. The van der Waals surface area contributed by atoms with Crippen molar-refractivity contribution >= 4 is 0 Å². The van der Waals surface area contributed by atoms with Gasteiger partial charge in [-0.05, 0) is 19.3 Å². The molecule has 0 fully saturated rings. The maximum absolute atomic E-state index is 8.56. The van der Waals surface area contributed by atoms with E-state index >= 15 is 0 Å². The maximum Gasteiger partial charge on any atom is 0.0751 e. The summed E-state index contributed by atoms with van der Waals surface area (Å²) in [6, 6.07) is 0. The first-order chi connectivity index (χ1) is 6.91. The first kappa shape index (κ1) is 13.5. The Morgan fingerprint density at radius 1 is 0.714 bits per heavy atom. The average Bonchev–Trinajstić information content (AvgIpc) is 2.21. The summed E-state index contributed by atoms with van der Waals surface area (Å²) in [6.07, 6.45) is 13.7. The Balaban J connectivity index is 2.85. The minimum atomic E-state index is 0.341. The van der Waals surface area contributed by atoms with Gasteiger partial charge in [-0.3, -0.25) is 0 Å². The Labute approximate surface area is 87.7 Å². The Kier molecular flexibility index (Phi) is 12.1. The van der Waals surface area contributed by atoms with Crippen LogP contribution in [0.25, 0.3) is 0 Å². The van der Waals surface area contributed by atoms with Crippen LogP contribution in [0.15, 0.2) is 12.3 Å². The third-order valence-corrected chi connectivity index (χ3v) is 2.38. The third kappa shape index (κ3) is 11.5. The van der Waals surface area contributed by atoms with Crippen LogP contribution in [0, 0.1) is 0 Å². The van der Waals surface area contributed by atoms with Crippen molar-refractivity contribution in [2.24, 2.45) is 0 Å². The summed E-state index contributed by atoms with van der Waals surface area (Å²) < 4.78 is 0. The molecule has 0 aromatic heterocycles. The normalized spacial score (nSPS) is 11.2. The number of allylic oxidation sites excluding steroid dienone is 1. The standard InChI is InChI=1S/C12H24O2/c13-11-9-7-5-3-1-2-4-6-8-10-12-14/h9,11,13-14H,1-8,10,12H2. The van der Waals surface area contributed by atoms with Crippen LogP contribution in [0.1, 0.15) is 57.8 Å². The van der Waals surface area contributed by atoms with Crippen molar-refractivity contribution in [3.63, 3.8) is 0 Å². The quantitative estimate of drug-likeness (QED) is 0.418. The van der Waals surface area contributed by atoms with Crippen molar-refractivity contribution in [2.75, 3.05) is 6.61 Å². The van der Waals surface area contributed by atoms with Gasteiger partial charge >= 0.3 is 0 Å². The molecule has 0 rings (SSSR count). The van der Waals surface area contributed by atoms with E-state index in [4.69, 9.17) is 10.2 Å². The zero-order valence-electron chi connectivity index (χ0n) is 9.12. The molecule has 84 valence electrons. The fraction of sp³-hybridized carbons (Fsp3) is 0.833. The van der Waals surface area contributed by atoms with Crippen LogP contribution in [0.5, 0.6) is 0 Å². The molecule has 0 heterocycles. The molecule has 0 unspecified atom stereocenters. The van der Waals surface area contributed by atoms with Gasteiger partial charge in [0.15, 0.2) is 0 Å². The lowest BCUT2D eigenvalue weighted by Gasteiger charge is -2.00. The van der Waals surface area contributed by atoms with E-state index in [-0.39, 0.29) is 0 Å². The predicted octanol–water partition coefficient (Wildman–Crippen LogP) is 3.56. The Morgan fingerprint density at radius 3 is 1.71 bits per heavy atom. The molecule has 0 aromatic carbocycles. The van der Waals surface area contributed by atoms with E-state index in [1.807, 2.05) is 0 Å². The van der Waals surface area contributed by atoms with E-state index in [1.54, 1.807) is 6.08 Å². The lowest BCUT2D eigenvalue weighted by atomic mass is 10.1. The van der Waals surface area contributed by atoms with Crippen molar-refractivity contribution in [1.82, 2.24) is 0 Å². The first-order valence-corrected chi connectivity index (χ1v) is 5.82. The number of hydrogen-bond acceptors (Lipinski definition) is 2. The highest BCUT2D eigenvalue weighted by Gasteiger charge is 1.91. The van der Waals surface area contributed by atoms with Crippen LogP contribution >= 0.6 is 0 Å². The average molecular weight is 200 g/mol. The molecular formula is C12H24O2. The summed E-state index contributed by atoms with van der Waals surface area (Å²) in [6.45, 7) is 0.341. The summed E-state index contributed by atoms with van der Waals surface area (Å²) in [4.78, 5) is 0. The second-order valence-electron chi connectivity index (χ2n) is 3.73. The van der Waals surface area contributed by atoms with Gasteiger partial charge in [-0.2, -0.15) is 0 Å². The molecule has 0 bridgehead atoms. The SMILES string of the molecule is OC=CCCCCCCCCCCO. The molecule has 0 aliphatic heterocycles. The van der Waals surface area contributed by atoms with Gasteiger partial charge in [0, 0.05) is 6.61 Å². The second-order valence-corrected chi connectivity index (χ2v) is 3.73. The molecule has 14 heavy (non-hydrogen) atoms. The molecule has 0 atom stereocenters. The molecule has 2 N–H and O–H groups in total. The molecular weight excluding hydrogens is 176 g/mol. The summed E-state index contributed by atoms with van der Waals surface area (Å²) >= 11 is 0. The Bertz CT molecular complexity index is 121. The van der Waals surface area contributed by atoms with E-state index in [0.29, 0.717) is 6.61 Å². The van der Waals surface area contributed by atoms with Crippen LogP contribution in [-0.2, 0) is 0 Å². The highest BCUT2D eigenvalue weighted by atomic mass is 16.3. The molecule has 0 aromatic rings. The fourth-order valence-electron chi connectivity index (χ4n) is 1.51. The van der Waals surface area contributed by atoms with E-state index < -0.39 is 0 Å². The van der Waals surface area contributed by atoms with Gasteiger partial charge in [-0.25, -0.2) is 0 Å². The zero-order valence-corrected chi connectivity index (χ0v) is 9.12. The monoisotopic (exact) mass is 200 g/mol. The molecule has 0 radical (unpaired) electrons. The zero-order chi connectivity index (χ0) is 10.5. The van der Waals surface area contributed by atoms with Crippen molar-refractivity contribution in [3.8, 4) is 0 Å². The van der Waals surface area contributed by atoms with Crippen LogP contribution < -0.4 is 0 Å². The third-order valence-electron chi connectivity index (χ3n) is 2.38. The molecule has 0 saturated carbocycles. The van der Waals surface area contributed by atoms with Gasteiger partial charge in [-0.1, -0.05) is 44.6 Å². The Hall–Kier alpha value is -0.500. The van der Waals surface area contributed by atoms with Gasteiger partial charge in [0.05, 0.1) is 6.26 Å². The van der Waals surface area contributed by atoms with Gasteiger partial charge in [0.2, 0.25) is 0 Å². The van der Waals surface area contributed by atoms with Gasteiger partial charge < -0.3 is 10.2 Å². The molecule has 0 saturated heterocycles. The maximum atomic E-state index is 8.56. The fourth-order valence-corrected chi connectivity index (χ4v) is 1.51. The topological polar surface area (TPSA) is 40.5 Å². The lowest BCUT2D eigenvalue weighted by Crippen LogP contribution is -1.84. The van der Waals surface area contributed by atoms with Gasteiger partial charge in [0.25, 0.3) is 0 Å². The van der Waals surface area contributed by atoms with Crippen molar-refractivity contribution in [1.29, 1.82) is 0 Å². The molecule has 0 aliphatic carbocycles. The van der Waals surface area contributed by atoms with Gasteiger partial charge in [-0.15, -0.1) is 0 Å². The van der Waals surface area contributed by atoms with E-state index in [2.05, 4.69) is 0 Å². The molecule has 0 amide bonds. The number of hydrogen-bond donors (Lipinski definition) is 2. The van der Waals surface area contributed by atoms with E-state index in [0.717, 1.165) is 19.1 Å². The van der Waals surface area contributed by atoms with Crippen LogP contribution in [0.3, 0.4) is 0 Å². The highest BCUT2D eigenvalue weighted by molar-refractivity contribution is 4.70. The van der Waals surface area contributed by atoms with E-state index in [9.17, 15) is 0 Å². The van der Waals surface area contributed by atoms with Crippen molar-refractivity contribution in [3.05, 3.63) is 12.3 Å². The van der Waals surface area contributed by atoms with E-state index in [1.165, 1.54) is 44.9 Å². The summed E-state index contributed by atoms with van der Waals surface area (Å²) in [5.41, 5.74) is 0. The van der Waals surface area contributed by atoms with Crippen molar-refractivity contribution in [2.45, 2.75) is 57.8 Å². The van der Waals surface area contributed by atoms with Crippen LogP contribution in [0.2, 0.25) is 0 Å². The van der Waals surface area contributed by atoms with Crippen LogP contribution in [-0.4, -0.2) is 16.8 Å². The predicted molar refractivity (Wildman–Crippen MR) is 60.4 cm³/mol. The number of rotatable bonds is 10. The highest BCUT2D eigenvalue weighted by Crippen LogP contribution is 2.09. The minimum Gasteiger partial charge on any atom is -0.516 e. The first-order valence-electron chi connectivity index (χ1n) is 5.82.